The van der Waals surface area contributed by atoms with Crippen molar-refractivity contribution in [3.63, 3.8) is 0 Å². The second kappa shape index (κ2) is 8.97. The number of nitrogens with zero attached hydrogens (tertiary/aromatic N) is 1. The maximum Gasteiger partial charge on any atom is 0.251 e. The highest BCUT2D eigenvalue weighted by molar-refractivity contribution is 5.96. The third-order valence-corrected chi connectivity index (χ3v) is 2.85. The van der Waals surface area contributed by atoms with Crippen molar-refractivity contribution >= 4 is 11.8 Å². The number of nitrogens with one attached hydrogen (secondary N) is 2. The summed E-state index contributed by atoms with van der Waals surface area (Å²) in [5, 5.41) is 5.35. The average Bonchev–Trinajstić information content (AvgIpc) is 2.49. The molecule has 0 saturated heterocycles. The lowest BCUT2D eigenvalue weighted by Crippen LogP contribution is -2.37. The summed E-state index contributed by atoms with van der Waals surface area (Å²) in [5.41, 5.74) is 0.467. The Morgan fingerprint density at radius 2 is 2.00 bits per heavy atom. The highest BCUT2D eigenvalue weighted by Crippen LogP contribution is 2.12. The van der Waals surface area contributed by atoms with Crippen LogP contribution >= 0.6 is 0 Å². The van der Waals surface area contributed by atoms with Gasteiger partial charge in [-0.3, -0.25) is 9.59 Å². The van der Waals surface area contributed by atoms with Gasteiger partial charge in [0, 0.05) is 12.1 Å². The number of carbonyl (C=O) groups is 2. The van der Waals surface area contributed by atoms with Crippen molar-refractivity contribution < 1.29 is 14.3 Å². The SMILES string of the molecule is COc1cccc(C(=O)NCC(=O)NCCCN(C)C)c1. The third-order valence-electron chi connectivity index (χ3n) is 2.85. The molecule has 116 valence electrons. The van der Waals surface area contributed by atoms with Crippen molar-refractivity contribution in [2.24, 2.45) is 0 Å². The van der Waals surface area contributed by atoms with Crippen LogP contribution in [0.15, 0.2) is 24.3 Å². The Morgan fingerprint density at radius 1 is 1.24 bits per heavy atom. The van der Waals surface area contributed by atoms with Gasteiger partial charge in [0.05, 0.1) is 13.7 Å². The van der Waals surface area contributed by atoms with E-state index in [1.165, 1.54) is 7.11 Å². The molecule has 2 N–H and O–H groups in total. The van der Waals surface area contributed by atoms with Gasteiger partial charge in [0.1, 0.15) is 5.75 Å². The quantitative estimate of drug-likeness (QED) is 0.685. The minimum absolute atomic E-state index is 0.0298. The van der Waals surface area contributed by atoms with E-state index in [-0.39, 0.29) is 18.4 Å². The van der Waals surface area contributed by atoms with E-state index in [1.54, 1.807) is 24.3 Å². The maximum absolute atomic E-state index is 11.9. The van der Waals surface area contributed by atoms with Gasteiger partial charge in [0.2, 0.25) is 5.91 Å². The van der Waals surface area contributed by atoms with Crippen LogP contribution in [0.4, 0.5) is 0 Å². The molecular formula is C15H23N3O3. The topological polar surface area (TPSA) is 70.7 Å². The van der Waals surface area contributed by atoms with Crippen molar-refractivity contribution in [3.8, 4) is 5.75 Å². The van der Waals surface area contributed by atoms with Crippen LogP contribution < -0.4 is 15.4 Å². The summed E-state index contributed by atoms with van der Waals surface area (Å²) in [5.74, 6) is 0.123. The number of benzene rings is 1. The highest BCUT2D eigenvalue weighted by atomic mass is 16.5. The van der Waals surface area contributed by atoms with E-state index in [0.717, 1.165) is 13.0 Å². The summed E-state index contributed by atoms with van der Waals surface area (Å²) >= 11 is 0. The maximum atomic E-state index is 11.9. The highest BCUT2D eigenvalue weighted by Gasteiger charge is 2.08. The molecule has 0 heterocycles. The fourth-order valence-corrected chi connectivity index (χ4v) is 1.71. The van der Waals surface area contributed by atoms with Crippen LogP contribution in [0.1, 0.15) is 16.8 Å². The van der Waals surface area contributed by atoms with Gasteiger partial charge in [0.15, 0.2) is 0 Å². The largest absolute Gasteiger partial charge is 0.497 e. The normalized spacial score (nSPS) is 10.3. The number of rotatable bonds is 8. The predicted molar refractivity (Wildman–Crippen MR) is 81.5 cm³/mol. The molecule has 2 amide bonds. The molecule has 1 aromatic carbocycles. The second-order valence-corrected chi connectivity index (χ2v) is 4.92. The Labute approximate surface area is 125 Å². The fraction of sp³-hybridized carbons (Fsp3) is 0.467. The summed E-state index contributed by atoms with van der Waals surface area (Å²) < 4.78 is 5.05. The molecule has 0 aromatic heterocycles. The average molecular weight is 293 g/mol. The fourth-order valence-electron chi connectivity index (χ4n) is 1.71. The molecule has 0 aliphatic carbocycles. The number of amides is 2. The lowest BCUT2D eigenvalue weighted by molar-refractivity contribution is -0.120. The van der Waals surface area contributed by atoms with Crippen molar-refractivity contribution in [2.75, 3.05) is 40.8 Å². The van der Waals surface area contributed by atoms with Gasteiger partial charge in [-0.2, -0.15) is 0 Å². The Balaban J connectivity index is 2.30. The van der Waals surface area contributed by atoms with Gasteiger partial charge in [-0.05, 0) is 45.3 Å². The zero-order chi connectivity index (χ0) is 15.7. The van der Waals surface area contributed by atoms with Crippen molar-refractivity contribution in [1.82, 2.24) is 15.5 Å². The van der Waals surface area contributed by atoms with E-state index in [2.05, 4.69) is 15.5 Å². The van der Waals surface area contributed by atoms with Crippen LogP contribution in [0.25, 0.3) is 0 Å². The van der Waals surface area contributed by atoms with Crippen molar-refractivity contribution in [2.45, 2.75) is 6.42 Å². The van der Waals surface area contributed by atoms with Gasteiger partial charge in [-0.25, -0.2) is 0 Å². The molecule has 0 atom stereocenters. The predicted octanol–water partition coefficient (Wildman–Crippen LogP) is 0.493. The Hall–Kier alpha value is -2.08. The Morgan fingerprint density at radius 3 is 2.67 bits per heavy atom. The summed E-state index contributed by atoms with van der Waals surface area (Å²) in [6.45, 7) is 1.49. The van der Waals surface area contributed by atoms with E-state index in [4.69, 9.17) is 4.74 Å². The number of methoxy groups -OCH3 is 1. The van der Waals surface area contributed by atoms with Gasteiger partial charge in [-0.1, -0.05) is 6.07 Å². The monoisotopic (exact) mass is 293 g/mol. The molecule has 0 unspecified atom stereocenters. The molecule has 21 heavy (non-hydrogen) atoms. The first-order valence-corrected chi connectivity index (χ1v) is 6.86. The van der Waals surface area contributed by atoms with Crippen LogP contribution in [0.5, 0.6) is 5.75 Å². The lowest BCUT2D eigenvalue weighted by Gasteiger charge is -2.10. The van der Waals surface area contributed by atoms with Crippen LogP contribution in [0.2, 0.25) is 0 Å². The first-order chi connectivity index (χ1) is 10.0. The molecule has 1 aromatic rings. The van der Waals surface area contributed by atoms with E-state index < -0.39 is 0 Å². The lowest BCUT2D eigenvalue weighted by atomic mass is 10.2. The standard InChI is InChI=1S/C15H23N3O3/c1-18(2)9-5-8-16-14(19)11-17-15(20)12-6-4-7-13(10-12)21-3/h4,6-7,10H,5,8-9,11H2,1-3H3,(H,16,19)(H,17,20). The zero-order valence-corrected chi connectivity index (χ0v) is 12.8. The van der Waals surface area contributed by atoms with Gasteiger partial charge in [-0.15, -0.1) is 0 Å². The van der Waals surface area contributed by atoms with Gasteiger partial charge < -0.3 is 20.3 Å². The number of ether oxygens (including phenoxy) is 1. The van der Waals surface area contributed by atoms with E-state index in [0.29, 0.717) is 17.9 Å². The summed E-state index contributed by atoms with van der Waals surface area (Å²) in [4.78, 5) is 25.5. The first-order valence-electron chi connectivity index (χ1n) is 6.86. The molecule has 6 nitrogen and oxygen atoms in total. The zero-order valence-electron chi connectivity index (χ0n) is 12.8. The smallest absolute Gasteiger partial charge is 0.251 e. The van der Waals surface area contributed by atoms with Crippen molar-refractivity contribution in [1.29, 1.82) is 0 Å². The Bertz CT molecular complexity index is 475. The molecule has 0 radical (unpaired) electrons. The minimum Gasteiger partial charge on any atom is -0.497 e. The summed E-state index contributed by atoms with van der Waals surface area (Å²) in [6.07, 6.45) is 0.878. The summed E-state index contributed by atoms with van der Waals surface area (Å²) in [7, 11) is 5.50. The number of hydrogen-bond acceptors (Lipinski definition) is 4. The third kappa shape index (κ3) is 6.76. The molecule has 6 heteroatoms. The molecule has 0 aliphatic heterocycles. The summed E-state index contributed by atoms with van der Waals surface area (Å²) in [6, 6.07) is 6.79. The first kappa shape index (κ1) is 17.0. The van der Waals surface area contributed by atoms with Crippen LogP contribution in [0.3, 0.4) is 0 Å². The van der Waals surface area contributed by atoms with E-state index in [1.807, 2.05) is 14.1 Å². The van der Waals surface area contributed by atoms with Gasteiger partial charge >= 0.3 is 0 Å². The molecule has 0 spiro atoms. The molecule has 1 rings (SSSR count). The van der Waals surface area contributed by atoms with E-state index >= 15 is 0 Å². The number of hydrogen-bond donors (Lipinski definition) is 2. The molecule has 0 aliphatic rings. The molecule has 0 fully saturated rings. The van der Waals surface area contributed by atoms with Gasteiger partial charge in [0.25, 0.3) is 5.91 Å². The molecular weight excluding hydrogens is 270 g/mol. The second-order valence-electron chi connectivity index (χ2n) is 4.92. The van der Waals surface area contributed by atoms with Crippen LogP contribution in [-0.4, -0.2) is 57.6 Å². The van der Waals surface area contributed by atoms with Crippen LogP contribution in [0, 0.1) is 0 Å². The molecule has 0 saturated carbocycles. The number of carbonyl (C=O) groups excluding carboxylic acids is 2. The van der Waals surface area contributed by atoms with Crippen LogP contribution in [-0.2, 0) is 4.79 Å². The minimum atomic E-state index is -0.294. The van der Waals surface area contributed by atoms with Crippen molar-refractivity contribution in [3.05, 3.63) is 29.8 Å². The molecule has 0 bridgehead atoms. The Kier molecular flexibility index (Phi) is 7.25. The van der Waals surface area contributed by atoms with E-state index in [9.17, 15) is 9.59 Å².